The molecule has 0 saturated carbocycles. The molecular weight excluding hydrogens is 266 g/mol. The summed E-state index contributed by atoms with van der Waals surface area (Å²) in [7, 11) is 1.58. The number of rotatable bonds is 3. The van der Waals surface area contributed by atoms with Crippen LogP contribution in [0.15, 0.2) is 64.8 Å². The van der Waals surface area contributed by atoms with E-state index in [2.05, 4.69) is 10.1 Å². The second-order valence-electron chi connectivity index (χ2n) is 4.43. The third-order valence-corrected chi connectivity index (χ3v) is 3.08. The van der Waals surface area contributed by atoms with Crippen LogP contribution in [0.5, 0.6) is 5.75 Å². The normalized spacial score (nSPS) is 11.1. The highest BCUT2D eigenvalue weighted by Crippen LogP contribution is 2.15. The van der Waals surface area contributed by atoms with Crippen LogP contribution < -0.4 is 10.3 Å². The number of hydrogen-bond donors (Lipinski definition) is 0. The second kappa shape index (κ2) is 5.58. The van der Waals surface area contributed by atoms with Crippen molar-refractivity contribution < 1.29 is 4.74 Å². The van der Waals surface area contributed by atoms with E-state index in [4.69, 9.17) is 4.74 Å². The van der Waals surface area contributed by atoms with Gasteiger partial charge in [-0.25, -0.2) is 4.98 Å². The number of aromatic nitrogens is 2. The topological polar surface area (TPSA) is 56.5 Å². The van der Waals surface area contributed by atoms with E-state index in [0.717, 1.165) is 5.56 Å². The Hall–Kier alpha value is -2.95. The zero-order chi connectivity index (χ0) is 14.7. The van der Waals surface area contributed by atoms with Gasteiger partial charge in [-0.15, -0.1) is 0 Å². The van der Waals surface area contributed by atoms with E-state index in [0.29, 0.717) is 16.7 Å². The lowest BCUT2D eigenvalue weighted by molar-refractivity contribution is 0.415. The lowest BCUT2D eigenvalue weighted by Gasteiger charge is -2.03. The summed E-state index contributed by atoms with van der Waals surface area (Å²) in [5.74, 6) is 0.667. The molecule has 5 heteroatoms. The molecule has 0 aliphatic carbocycles. The molecule has 0 atom stereocenters. The van der Waals surface area contributed by atoms with Crippen LogP contribution in [0.4, 0.5) is 0 Å². The molecule has 1 aromatic heterocycles. The van der Waals surface area contributed by atoms with Crippen LogP contribution in [-0.2, 0) is 0 Å². The first-order chi connectivity index (χ1) is 10.3. The van der Waals surface area contributed by atoms with Crippen LogP contribution in [0.25, 0.3) is 10.9 Å². The van der Waals surface area contributed by atoms with Crippen molar-refractivity contribution in [2.45, 2.75) is 0 Å². The summed E-state index contributed by atoms with van der Waals surface area (Å²) in [5, 5.41) is 4.66. The molecule has 2 aromatic carbocycles. The Morgan fingerprint density at radius 1 is 1.19 bits per heavy atom. The minimum Gasteiger partial charge on any atom is -0.497 e. The molecule has 0 spiro atoms. The van der Waals surface area contributed by atoms with E-state index in [1.807, 2.05) is 30.3 Å². The van der Waals surface area contributed by atoms with Crippen LogP contribution >= 0.6 is 0 Å². The van der Waals surface area contributed by atoms with Crippen LogP contribution in [0.3, 0.4) is 0 Å². The highest BCUT2D eigenvalue weighted by molar-refractivity contribution is 5.80. The van der Waals surface area contributed by atoms with E-state index >= 15 is 0 Å². The number of methoxy groups -OCH3 is 1. The van der Waals surface area contributed by atoms with Gasteiger partial charge in [-0.2, -0.15) is 9.78 Å². The fourth-order valence-electron chi connectivity index (χ4n) is 1.97. The smallest absolute Gasteiger partial charge is 0.281 e. The first-order valence-corrected chi connectivity index (χ1v) is 6.43. The molecule has 0 fully saturated rings. The van der Waals surface area contributed by atoms with Crippen molar-refractivity contribution in [3.05, 3.63) is 70.8 Å². The van der Waals surface area contributed by atoms with Gasteiger partial charge in [0.2, 0.25) is 0 Å². The van der Waals surface area contributed by atoms with Crippen molar-refractivity contribution in [1.29, 1.82) is 0 Å². The maximum atomic E-state index is 12.3. The SMILES string of the molecule is COc1ccc2c(=O)n(/N=C/c3ccccc3)cnc2c1. The average Bonchev–Trinajstić information content (AvgIpc) is 2.55. The molecule has 1 heterocycles. The van der Waals surface area contributed by atoms with Gasteiger partial charge in [0.25, 0.3) is 5.56 Å². The van der Waals surface area contributed by atoms with Crippen LogP contribution in [0, 0.1) is 0 Å². The Bertz CT molecular complexity index is 854. The standard InChI is InChI=1S/C16H13N3O2/c1-21-13-7-8-14-15(9-13)17-11-19(16(14)20)18-10-12-5-3-2-4-6-12/h2-11H,1H3/b18-10+. The highest BCUT2D eigenvalue weighted by atomic mass is 16.5. The quantitative estimate of drug-likeness (QED) is 0.691. The van der Waals surface area contributed by atoms with Crippen molar-refractivity contribution in [2.75, 3.05) is 7.11 Å². The van der Waals surface area contributed by atoms with Gasteiger partial charge in [-0.05, 0) is 17.7 Å². The molecule has 104 valence electrons. The highest BCUT2D eigenvalue weighted by Gasteiger charge is 2.04. The molecule has 0 N–H and O–H groups in total. The Kier molecular flexibility index (Phi) is 3.47. The van der Waals surface area contributed by atoms with Crippen molar-refractivity contribution in [3.63, 3.8) is 0 Å². The first kappa shape index (κ1) is 13.1. The monoisotopic (exact) mass is 279 g/mol. The van der Waals surface area contributed by atoms with E-state index in [-0.39, 0.29) is 5.56 Å². The number of hydrogen-bond acceptors (Lipinski definition) is 4. The summed E-state index contributed by atoms with van der Waals surface area (Å²) in [6.07, 6.45) is 3.03. The zero-order valence-electron chi connectivity index (χ0n) is 11.4. The fraction of sp³-hybridized carbons (Fsp3) is 0.0625. The van der Waals surface area contributed by atoms with Gasteiger partial charge in [-0.3, -0.25) is 4.79 Å². The summed E-state index contributed by atoms with van der Waals surface area (Å²) in [4.78, 5) is 16.5. The number of fused-ring (bicyclic) bond motifs is 1. The molecule has 0 radical (unpaired) electrons. The maximum Gasteiger partial charge on any atom is 0.281 e. The van der Waals surface area contributed by atoms with Crippen molar-refractivity contribution in [1.82, 2.24) is 9.66 Å². The van der Waals surface area contributed by atoms with Gasteiger partial charge in [-0.1, -0.05) is 30.3 Å². The predicted octanol–water partition coefficient (Wildman–Crippen LogP) is 2.29. The van der Waals surface area contributed by atoms with Gasteiger partial charge in [0.05, 0.1) is 24.2 Å². The molecular formula is C16H13N3O2. The maximum absolute atomic E-state index is 12.3. The van der Waals surface area contributed by atoms with Gasteiger partial charge >= 0.3 is 0 Å². The molecule has 0 aliphatic heterocycles. The fourth-order valence-corrected chi connectivity index (χ4v) is 1.97. The zero-order valence-corrected chi connectivity index (χ0v) is 11.4. The summed E-state index contributed by atoms with van der Waals surface area (Å²) < 4.78 is 6.34. The molecule has 0 unspecified atom stereocenters. The molecule has 3 rings (SSSR count). The average molecular weight is 279 g/mol. The summed E-state index contributed by atoms with van der Waals surface area (Å²) in [5.41, 5.74) is 1.29. The Morgan fingerprint density at radius 3 is 2.76 bits per heavy atom. The molecule has 5 nitrogen and oxygen atoms in total. The van der Waals surface area contributed by atoms with Crippen LogP contribution in [-0.4, -0.2) is 23.0 Å². The van der Waals surface area contributed by atoms with E-state index in [1.54, 1.807) is 31.5 Å². The summed E-state index contributed by atoms with van der Waals surface area (Å²) >= 11 is 0. The third kappa shape index (κ3) is 2.67. The Balaban J connectivity index is 2.03. The number of benzene rings is 2. The van der Waals surface area contributed by atoms with Gasteiger partial charge < -0.3 is 4.74 Å². The molecule has 21 heavy (non-hydrogen) atoms. The van der Waals surface area contributed by atoms with Crippen LogP contribution in [0.1, 0.15) is 5.56 Å². The van der Waals surface area contributed by atoms with Gasteiger partial charge in [0.1, 0.15) is 12.1 Å². The number of nitrogens with zero attached hydrogens (tertiary/aromatic N) is 3. The second-order valence-corrected chi connectivity index (χ2v) is 4.43. The molecule has 0 aliphatic rings. The Morgan fingerprint density at radius 2 is 2.00 bits per heavy atom. The Labute approximate surface area is 121 Å². The summed E-state index contributed by atoms with van der Waals surface area (Å²) in [6, 6.07) is 14.7. The first-order valence-electron chi connectivity index (χ1n) is 6.43. The minimum atomic E-state index is -0.213. The van der Waals surface area contributed by atoms with Crippen molar-refractivity contribution in [2.24, 2.45) is 5.10 Å². The lowest BCUT2D eigenvalue weighted by atomic mass is 10.2. The molecule has 0 amide bonds. The molecule has 0 saturated heterocycles. The van der Waals surface area contributed by atoms with Crippen LogP contribution in [0.2, 0.25) is 0 Å². The largest absolute Gasteiger partial charge is 0.497 e. The van der Waals surface area contributed by atoms with Gasteiger partial charge in [0, 0.05) is 6.07 Å². The van der Waals surface area contributed by atoms with E-state index in [9.17, 15) is 4.79 Å². The van der Waals surface area contributed by atoms with Gasteiger partial charge in [0.15, 0.2) is 0 Å². The molecule has 3 aromatic rings. The summed E-state index contributed by atoms with van der Waals surface area (Å²) in [6.45, 7) is 0. The minimum absolute atomic E-state index is 0.213. The lowest BCUT2D eigenvalue weighted by Crippen LogP contribution is -2.17. The molecule has 0 bridgehead atoms. The van der Waals surface area contributed by atoms with Crippen molar-refractivity contribution in [3.8, 4) is 5.75 Å². The van der Waals surface area contributed by atoms with Crippen molar-refractivity contribution >= 4 is 17.1 Å². The van der Waals surface area contributed by atoms with E-state index < -0.39 is 0 Å². The number of ether oxygens (including phenoxy) is 1. The van der Waals surface area contributed by atoms with E-state index in [1.165, 1.54) is 11.0 Å². The third-order valence-electron chi connectivity index (χ3n) is 3.08. The predicted molar refractivity (Wildman–Crippen MR) is 82.0 cm³/mol.